The first-order chi connectivity index (χ1) is 13.0. The number of halogens is 2. The molecule has 9 heteroatoms. The van der Waals surface area contributed by atoms with Crippen molar-refractivity contribution in [1.82, 2.24) is 10.6 Å². The van der Waals surface area contributed by atoms with E-state index in [-0.39, 0.29) is 30.2 Å². The number of carbonyl (C=O) groups excluding carboxylic acids is 2. The summed E-state index contributed by atoms with van der Waals surface area (Å²) in [6.07, 6.45) is 0. The second-order valence-corrected chi connectivity index (χ2v) is 6.50. The molecule has 0 fully saturated rings. The Balaban J connectivity index is 1.94. The van der Waals surface area contributed by atoms with E-state index in [1.165, 1.54) is 11.3 Å². The normalized spacial score (nSPS) is 16.6. The second kappa shape index (κ2) is 8.17. The zero-order chi connectivity index (χ0) is 19.4. The van der Waals surface area contributed by atoms with Crippen molar-refractivity contribution in [2.24, 2.45) is 0 Å². The number of thiophene rings is 1. The molecule has 0 saturated carbocycles. The van der Waals surface area contributed by atoms with Crippen LogP contribution in [-0.4, -0.2) is 25.2 Å². The van der Waals surface area contributed by atoms with Crippen LogP contribution in [0.3, 0.4) is 0 Å². The SMILES string of the molecule is CCOC(=O)C1=C(COc2ccc(F)cc2F)NC(=O)N[C@@H]1c1cccs1. The molecule has 6 nitrogen and oxygen atoms in total. The lowest BCUT2D eigenvalue weighted by molar-refractivity contribution is -0.139. The maximum Gasteiger partial charge on any atom is 0.338 e. The summed E-state index contributed by atoms with van der Waals surface area (Å²) in [7, 11) is 0. The quantitative estimate of drug-likeness (QED) is 0.738. The molecule has 1 aromatic heterocycles. The lowest BCUT2D eigenvalue weighted by atomic mass is 10.0. The van der Waals surface area contributed by atoms with Crippen LogP contribution in [0.2, 0.25) is 0 Å². The molecule has 2 heterocycles. The van der Waals surface area contributed by atoms with Gasteiger partial charge in [-0.25, -0.2) is 18.4 Å². The molecule has 0 bridgehead atoms. The summed E-state index contributed by atoms with van der Waals surface area (Å²) >= 11 is 1.36. The Bertz CT molecular complexity index is 883. The van der Waals surface area contributed by atoms with E-state index in [0.29, 0.717) is 6.07 Å². The molecular weight excluding hydrogens is 378 g/mol. The van der Waals surface area contributed by atoms with Gasteiger partial charge in [-0.1, -0.05) is 6.07 Å². The molecule has 3 rings (SSSR count). The fourth-order valence-corrected chi connectivity index (χ4v) is 3.38. The van der Waals surface area contributed by atoms with Gasteiger partial charge in [-0.15, -0.1) is 11.3 Å². The fraction of sp³-hybridized carbons (Fsp3) is 0.222. The third kappa shape index (κ3) is 4.25. The molecule has 27 heavy (non-hydrogen) atoms. The Hall–Kier alpha value is -2.94. The highest BCUT2D eigenvalue weighted by Crippen LogP contribution is 2.31. The van der Waals surface area contributed by atoms with Crippen LogP contribution in [0.1, 0.15) is 17.8 Å². The zero-order valence-corrected chi connectivity index (χ0v) is 15.1. The number of esters is 1. The number of nitrogens with one attached hydrogen (secondary N) is 2. The maximum absolute atomic E-state index is 13.8. The largest absolute Gasteiger partial charge is 0.484 e. The Morgan fingerprint density at radius 1 is 1.30 bits per heavy atom. The Labute approximate surface area is 157 Å². The van der Waals surface area contributed by atoms with Crippen LogP contribution < -0.4 is 15.4 Å². The van der Waals surface area contributed by atoms with Gasteiger partial charge in [0.25, 0.3) is 0 Å². The second-order valence-electron chi connectivity index (χ2n) is 5.52. The maximum atomic E-state index is 13.8. The van der Waals surface area contributed by atoms with Gasteiger partial charge in [-0.05, 0) is 30.5 Å². The predicted molar refractivity (Wildman–Crippen MR) is 94.2 cm³/mol. The summed E-state index contributed by atoms with van der Waals surface area (Å²) in [5, 5.41) is 7.00. The van der Waals surface area contributed by atoms with Crippen molar-refractivity contribution in [2.75, 3.05) is 13.2 Å². The van der Waals surface area contributed by atoms with Crippen LogP contribution in [0.4, 0.5) is 13.6 Å². The van der Waals surface area contributed by atoms with Crippen molar-refractivity contribution < 1.29 is 27.8 Å². The van der Waals surface area contributed by atoms with Gasteiger partial charge >= 0.3 is 12.0 Å². The van der Waals surface area contributed by atoms with Gasteiger partial charge in [0.05, 0.1) is 23.9 Å². The number of hydrogen-bond acceptors (Lipinski definition) is 5. The zero-order valence-electron chi connectivity index (χ0n) is 14.3. The smallest absolute Gasteiger partial charge is 0.338 e. The van der Waals surface area contributed by atoms with Gasteiger partial charge in [-0.2, -0.15) is 0 Å². The molecule has 1 aliphatic rings. The molecule has 1 aliphatic heterocycles. The third-order valence-electron chi connectivity index (χ3n) is 3.74. The minimum absolute atomic E-state index is 0.147. The van der Waals surface area contributed by atoms with E-state index in [2.05, 4.69) is 10.6 Å². The number of amides is 2. The number of hydrogen-bond donors (Lipinski definition) is 2. The summed E-state index contributed by atoms with van der Waals surface area (Å²) in [4.78, 5) is 25.3. The first kappa shape index (κ1) is 18.8. The molecule has 0 radical (unpaired) electrons. The van der Waals surface area contributed by atoms with E-state index in [0.717, 1.165) is 17.0 Å². The van der Waals surface area contributed by atoms with Crippen molar-refractivity contribution in [3.63, 3.8) is 0 Å². The molecule has 1 aromatic carbocycles. The van der Waals surface area contributed by atoms with Crippen molar-refractivity contribution >= 4 is 23.3 Å². The molecule has 2 aromatic rings. The third-order valence-corrected chi connectivity index (χ3v) is 4.68. The number of ether oxygens (including phenoxy) is 2. The highest BCUT2D eigenvalue weighted by atomic mass is 32.1. The molecule has 142 valence electrons. The number of rotatable bonds is 6. The van der Waals surface area contributed by atoms with Gasteiger partial charge < -0.3 is 20.1 Å². The van der Waals surface area contributed by atoms with E-state index in [1.807, 2.05) is 5.38 Å². The fourth-order valence-electron chi connectivity index (χ4n) is 2.59. The number of benzene rings is 1. The Morgan fingerprint density at radius 3 is 2.78 bits per heavy atom. The average Bonchev–Trinajstić information content (AvgIpc) is 3.15. The topological polar surface area (TPSA) is 76.7 Å². The summed E-state index contributed by atoms with van der Waals surface area (Å²) in [5.41, 5.74) is 0.320. The van der Waals surface area contributed by atoms with Gasteiger partial charge in [0.2, 0.25) is 0 Å². The van der Waals surface area contributed by atoms with Crippen LogP contribution >= 0.6 is 11.3 Å². The van der Waals surface area contributed by atoms with E-state index in [1.54, 1.807) is 19.1 Å². The first-order valence-corrected chi connectivity index (χ1v) is 8.96. The number of carbonyl (C=O) groups is 2. The molecule has 1 atom stereocenters. The summed E-state index contributed by atoms with van der Waals surface area (Å²) < 4.78 is 37.3. The molecule has 2 amide bonds. The molecule has 0 aliphatic carbocycles. The van der Waals surface area contributed by atoms with Crippen LogP contribution in [0, 0.1) is 11.6 Å². The lowest BCUT2D eigenvalue weighted by Crippen LogP contribution is -2.47. The molecule has 2 N–H and O–H groups in total. The van der Waals surface area contributed by atoms with Crippen molar-refractivity contribution in [1.29, 1.82) is 0 Å². The van der Waals surface area contributed by atoms with Crippen LogP contribution in [0.15, 0.2) is 47.0 Å². The molecule has 0 unspecified atom stereocenters. The van der Waals surface area contributed by atoms with E-state index >= 15 is 0 Å². The minimum Gasteiger partial charge on any atom is -0.484 e. The standard InChI is InChI=1S/C18H16F2N2O4S/c1-2-25-17(23)15-12(9-26-13-6-5-10(19)8-11(13)20)21-18(24)22-16(15)14-4-3-7-27-14/h3-8,16H,2,9H2,1H3,(H2,21,22,24)/t16-/m1/s1. The minimum atomic E-state index is -0.886. The first-order valence-electron chi connectivity index (χ1n) is 8.08. The lowest BCUT2D eigenvalue weighted by Gasteiger charge is -2.28. The molecular formula is C18H16F2N2O4S. The highest BCUT2D eigenvalue weighted by Gasteiger charge is 2.34. The number of urea groups is 1. The molecule has 0 saturated heterocycles. The van der Waals surface area contributed by atoms with E-state index in [9.17, 15) is 18.4 Å². The van der Waals surface area contributed by atoms with Crippen molar-refractivity contribution in [3.05, 3.63) is 63.5 Å². The van der Waals surface area contributed by atoms with Crippen LogP contribution in [0.5, 0.6) is 5.75 Å². The van der Waals surface area contributed by atoms with Gasteiger partial charge in [0.15, 0.2) is 11.6 Å². The monoisotopic (exact) mass is 394 g/mol. The molecule has 0 spiro atoms. The van der Waals surface area contributed by atoms with E-state index in [4.69, 9.17) is 9.47 Å². The Kier molecular flexibility index (Phi) is 5.70. The summed E-state index contributed by atoms with van der Waals surface area (Å²) in [6.45, 7) is 1.51. The summed E-state index contributed by atoms with van der Waals surface area (Å²) in [5.74, 6) is -2.45. The van der Waals surface area contributed by atoms with Crippen LogP contribution in [-0.2, 0) is 9.53 Å². The van der Waals surface area contributed by atoms with Crippen molar-refractivity contribution in [2.45, 2.75) is 13.0 Å². The predicted octanol–water partition coefficient (Wildman–Crippen LogP) is 3.28. The average molecular weight is 394 g/mol. The van der Waals surface area contributed by atoms with Crippen LogP contribution in [0.25, 0.3) is 0 Å². The van der Waals surface area contributed by atoms with Gasteiger partial charge in [0.1, 0.15) is 12.4 Å². The Morgan fingerprint density at radius 2 is 2.11 bits per heavy atom. The van der Waals surface area contributed by atoms with Gasteiger partial charge in [-0.3, -0.25) is 0 Å². The highest BCUT2D eigenvalue weighted by molar-refractivity contribution is 7.10. The van der Waals surface area contributed by atoms with Crippen molar-refractivity contribution in [3.8, 4) is 5.75 Å². The summed E-state index contributed by atoms with van der Waals surface area (Å²) in [6, 6.07) is 5.20. The van der Waals surface area contributed by atoms with E-state index < -0.39 is 29.7 Å². The van der Waals surface area contributed by atoms with Gasteiger partial charge in [0, 0.05) is 10.9 Å².